The van der Waals surface area contributed by atoms with Crippen LogP contribution in [-0.4, -0.2) is 63.6 Å². The van der Waals surface area contributed by atoms with Gasteiger partial charge in [0.25, 0.3) is 11.5 Å². The number of aromatic nitrogens is 4. The number of amides is 1. The predicted molar refractivity (Wildman–Crippen MR) is 112 cm³/mol. The van der Waals surface area contributed by atoms with Crippen LogP contribution in [0.1, 0.15) is 35.3 Å². The number of aromatic amines is 1. The van der Waals surface area contributed by atoms with Crippen LogP contribution < -0.4 is 21.5 Å². The number of carbonyl (C=O) groups excluding carboxylic acids is 1. The molecule has 0 spiro atoms. The summed E-state index contributed by atoms with van der Waals surface area (Å²) in [7, 11) is 1.58. The van der Waals surface area contributed by atoms with E-state index in [1.165, 1.54) is 4.57 Å². The molecular formula is C20H23N7O4. The van der Waals surface area contributed by atoms with E-state index in [9.17, 15) is 14.4 Å². The monoisotopic (exact) mass is 425 g/mol. The minimum absolute atomic E-state index is 0.0196. The lowest BCUT2D eigenvalue weighted by Crippen LogP contribution is -2.46. The highest BCUT2D eigenvalue weighted by Crippen LogP contribution is 2.32. The molecule has 1 saturated carbocycles. The summed E-state index contributed by atoms with van der Waals surface area (Å²) in [5.74, 6) is 0.210. The van der Waals surface area contributed by atoms with Gasteiger partial charge in [-0.25, -0.2) is 14.8 Å². The van der Waals surface area contributed by atoms with Crippen molar-refractivity contribution in [2.24, 2.45) is 0 Å². The Morgan fingerprint density at radius 2 is 2.00 bits per heavy atom. The topological polar surface area (TPSA) is 129 Å². The van der Waals surface area contributed by atoms with Crippen LogP contribution in [0.15, 0.2) is 32.3 Å². The van der Waals surface area contributed by atoms with E-state index >= 15 is 0 Å². The van der Waals surface area contributed by atoms with Gasteiger partial charge in [-0.2, -0.15) is 0 Å². The number of nitrogens with one attached hydrogen (secondary N) is 2. The fourth-order valence-electron chi connectivity index (χ4n) is 3.88. The van der Waals surface area contributed by atoms with Gasteiger partial charge >= 0.3 is 5.69 Å². The molecule has 5 rings (SSSR count). The Morgan fingerprint density at radius 1 is 1.23 bits per heavy atom. The summed E-state index contributed by atoms with van der Waals surface area (Å²) in [6.45, 7) is 3.58. The van der Waals surface area contributed by atoms with Gasteiger partial charge in [-0.3, -0.25) is 24.0 Å². The Balaban J connectivity index is 1.25. The molecule has 3 aromatic rings. The van der Waals surface area contributed by atoms with Crippen molar-refractivity contribution in [3.63, 3.8) is 0 Å². The highest BCUT2D eigenvalue weighted by atomic mass is 16.4. The normalized spacial score (nSPS) is 17.3. The molecule has 0 radical (unpaired) electrons. The smallest absolute Gasteiger partial charge is 0.331 e. The van der Waals surface area contributed by atoms with Crippen LogP contribution in [-0.2, 0) is 6.54 Å². The van der Waals surface area contributed by atoms with Crippen molar-refractivity contribution < 1.29 is 9.21 Å². The van der Waals surface area contributed by atoms with Crippen molar-refractivity contribution in [2.75, 3.05) is 38.1 Å². The van der Waals surface area contributed by atoms with Gasteiger partial charge in [0.15, 0.2) is 5.52 Å². The van der Waals surface area contributed by atoms with E-state index < -0.39 is 5.69 Å². The molecule has 11 nitrogen and oxygen atoms in total. The third-order valence-corrected chi connectivity index (χ3v) is 5.75. The van der Waals surface area contributed by atoms with E-state index in [2.05, 4.69) is 30.1 Å². The number of carbonyl (C=O) groups is 1. The summed E-state index contributed by atoms with van der Waals surface area (Å²) >= 11 is 0. The van der Waals surface area contributed by atoms with Crippen molar-refractivity contribution in [3.8, 4) is 0 Å². The lowest BCUT2D eigenvalue weighted by Gasteiger charge is -2.35. The van der Waals surface area contributed by atoms with Crippen LogP contribution in [0.5, 0.6) is 0 Å². The number of rotatable bonds is 5. The standard InChI is InChI=1S/C20H23N7O4/c1-21-17(28)14-5-4-13(10-22-14)26-8-6-25(7-9-26)11-15-23-16-18(31-15)24-20(30)27(19(16)29)12-2-3-12/h4-5,10,12H,2-3,6-9,11H2,1H3,(H,21,28)(H,24,30). The number of oxazole rings is 1. The summed E-state index contributed by atoms with van der Waals surface area (Å²) in [6, 6.07) is 3.59. The van der Waals surface area contributed by atoms with Crippen LogP contribution in [0.2, 0.25) is 0 Å². The fourth-order valence-corrected chi connectivity index (χ4v) is 3.88. The average molecular weight is 425 g/mol. The van der Waals surface area contributed by atoms with Gasteiger partial charge in [-0.1, -0.05) is 0 Å². The van der Waals surface area contributed by atoms with Gasteiger partial charge in [0.2, 0.25) is 11.6 Å². The Morgan fingerprint density at radius 3 is 2.65 bits per heavy atom. The zero-order valence-electron chi connectivity index (χ0n) is 17.1. The summed E-state index contributed by atoms with van der Waals surface area (Å²) in [6.07, 6.45) is 3.39. The molecule has 0 bridgehead atoms. The first kappa shape index (κ1) is 19.5. The molecule has 1 aliphatic heterocycles. The number of pyridine rings is 1. The molecule has 162 valence electrons. The van der Waals surface area contributed by atoms with Crippen LogP contribution in [0.3, 0.4) is 0 Å². The second kappa shape index (κ2) is 7.65. The molecule has 3 aromatic heterocycles. The molecule has 1 saturated heterocycles. The molecule has 2 fully saturated rings. The number of piperazine rings is 1. The first-order chi connectivity index (χ1) is 15.0. The maximum atomic E-state index is 12.6. The first-order valence-electron chi connectivity index (χ1n) is 10.3. The third-order valence-electron chi connectivity index (χ3n) is 5.75. The van der Waals surface area contributed by atoms with Crippen molar-refractivity contribution in [1.82, 2.24) is 29.7 Å². The van der Waals surface area contributed by atoms with Gasteiger partial charge in [-0.05, 0) is 25.0 Å². The summed E-state index contributed by atoms with van der Waals surface area (Å²) in [4.78, 5) is 52.0. The highest BCUT2D eigenvalue weighted by Gasteiger charge is 2.29. The minimum Gasteiger partial charge on any atom is -0.423 e. The molecule has 4 heterocycles. The van der Waals surface area contributed by atoms with E-state index in [0.717, 1.165) is 44.7 Å². The quantitative estimate of drug-likeness (QED) is 0.588. The summed E-state index contributed by atoms with van der Waals surface area (Å²) in [5, 5.41) is 2.56. The van der Waals surface area contributed by atoms with Crippen molar-refractivity contribution in [1.29, 1.82) is 0 Å². The molecule has 1 aliphatic carbocycles. The van der Waals surface area contributed by atoms with Crippen LogP contribution >= 0.6 is 0 Å². The molecule has 11 heteroatoms. The number of anilines is 1. The molecule has 0 atom stereocenters. The van der Waals surface area contributed by atoms with E-state index in [0.29, 0.717) is 18.1 Å². The average Bonchev–Trinajstić information content (AvgIpc) is 3.53. The van der Waals surface area contributed by atoms with Crippen LogP contribution in [0, 0.1) is 0 Å². The summed E-state index contributed by atoms with van der Waals surface area (Å²) < 4.78 is 6.91. The molecular weight excluding hydrogens is 402 g/mol. The van der Waals surface area contributed by atoms with Gasteiger partial charge < -0.3 is 14.6 Å². The number of nitrogens with zero attached hydrogens (tertiary/aromatic N) is 5. The van der Waals surface area contributed by atoms with Gasteiger partial charge in [0.05, 0.1) is 18.4 Å². The third kappa shape index (κ3) is 3.72. The lowest BCUT2D eigenvalue weighted by molar-refractivity contribution is 0.0958. The lowest BCUT2D eigenvalue weighted by atomic mass is 10.2. The van der Waals surface area contributed by atoms with E-state index in [1.807, 2.05) is 6.07 Å². The molecule has 0 aromatic carbocycles. The molecule has 1 amide bonds. The van der Waals surface area contributed by atoms with Crippen molar-refractivity contribution in [3.05, 3.63) is 50.8 Å². The largest absolute Gasteiger partial charge is 0.423 e. The zero-order valence-corrected chi connectivity index (χ0v) is 17.1. The fraction of sp³-hybridized carbons (Fsp3) is 0.450. The second-order valence-electron chi connectivity index (χ2n) is 7.87. The predicted octanol–water partition coefficient (Wildman–Crippen LogP) is 0.0895. The molecule has 0 unspecified atom stereocenters. The Bertz CT molecular complexity index is 1230. The van der Waals surface area contributed by atoms with Gasteiger partial charge in [0, 0.05) is 39.3 Å². The maximum Gasteiger partial charge on any atom is 0.331 e. The van der Waals surface area contributed by atoms with E-state index in [4.69, 9.17) is 4.42 Å². The van der Waals surface area contributed by atoms with E-state index in [-0.39, 0.29) is 28.7 Å². The molecule has 31 heavy (non-hydrogen) atoms. The molecule has 2 aliphatic rings. The highest BCUT2D eigenvalue weighted by molar-refractivity contribution is 5.92. The van der Waals surface area contributed by atoms with Crippen LogP contribution in [0.4, 0.5) is 5.69 Å². The van der Waals surface area contributed by atoms with Gasteiger partial charge in [0.1, 0.15) is 5.69 Å². The van der Waals surface area contributed by atoms with Crippen molar-refractivity contribution >= 4 is 22.8 Å². The van der Waals surface area contributed by atoms with E-state index in [1.54, 1.807) is 19.3 Å². The Labute approximate surface area is 176 Å². The number of fused-ring (bicyclic) bond motifs is 1. The first-order valence-corrected chi connectivity index (χ1v) is 10.3. The Hall–Kier alpha value is -3.47. The maximum absolute atomic E-state index is 12.6. The number of hydrogen-bond acceptors (Lipinski definition) is 8. The minimum atomic E-state index is -0.438. The van der Waals surface area contributed by atoms with Gasteiger partial charge in [-0.15, -0.1) is 0 Å². The number of H-pyrrole nitrogens is 1. The number of hydrogen-bond donors (Lipinski definition) is 2. The van der Waals surface area contributed by atoms with Crippen LogP contribution in [0.25, 0.3) is 11.2 Å². The van der Waals surface area contributed by atoms with Crippen molar-refractivity contribution in [2.45, 2.75) is 25.4 Å². The summed E-state index contributed by atoms with van der Waals surface area (Å²) in [5.41, 5.74) is 0.860. The second-order valence-corrected chi connectivity index (χ2v) is 7.87. The Kier molecular flexibility index (Phi) is 4.81. The SMILES string of the molecule is CNC(=O)c1ccc(N2CCN(Cc3nc4c(=O)n(C5CC5)c(=O)[nH]c4o3)CC2)cn1. The zero-order chi connectivity index (χ0) is 21.5. The molecule has 2 N–H and O–H groups in total.